The van der Waals surface area contributed by atoms with E-state index in [2.05, 4.69) is 37.4 Å². The van der Waals surface area contributed by atoms with Gasteiger partial charge < -0.3 is 10.1 Å². The Labute approximate surface area is 99.0 Å². The highest BCUT2D eigenvalue weighted by Gasteiger charge is 2.07. The zero-order chi connectivity index (χ0) is 12.0. The van der Waals surface area contributed by atoms with Gasteiger partial charge in [-0.05, 0) is 50.0 Å². The zero-order valence-corrected chi connectivity index (χ0v) is 10.8. The maximum Gasteiger partial charge on any atom is 0.121 e. The highest BCUT2D eigenvalue weighted by Crippen LogP contribution is 2.20. The lowest BCUT2D eigenvalue weighted by molar-refractivity contribution is 0.411. The summed E-state index contributed by atoms with van der Waals surface area (Å²) in [6, 6.07) is 6.47. The van der Waals surface area contributed by atoms with Crippen LogP contribution in [0.2, 0.25) is 0 Å². The third kappa shape index (κ3) is 3.53. The summed E-state index contributed by atoms with van der Waals surface area (Å²) < 4.78 is 5.27. The SMILES string of the molecule is CCC(CNC)Cc1ccc(OC)c(C)c1. The molecule has 2 nitrogen and oxygen atoms in total. The smallest absolute Gasteiger partial charge is 0.121 e. The van der Waals surface area contributed by atoms with Gasteiger partial charge in [0.1, 0.15) is 5.75 Å². The van der Waals surface area contributed by atoms with E-state index in [0.717, 1.165) is 24.6 Å². The standard InChI is InChI=1S/C14H23NO/c1-5-12(10-15-3)9-13-6-7-14(16-4)11(2)8-13/h6-8,12,15H,5,9-10H2,1-4H3. The molecule has 16 heavy (non-hydrogen) atoms. The first-order valence-electron chi connectivity index (χ1n) is 5.99. The summed E-state index contributed by atoms with van der Waals surface area (Å²) >= 11 is 0. The molecule has 0 aliphatic rings. The Bertz CT molecular complexity index is 323. The van der Waals surface area contributed by atoms with Gasteiger partial charge in [-0.25, -0.2) is 0 Å². The van der Waals surface area contributed by atoms with E-state index in [1.165, 1.54) is 17.5 Å². The van der Waals surface area contributed by atoms with Gasteiger partial charge in [-0.2, -0.15) is 0 Å². The van der Waals surface area contributed by atoms with Crippen molar-refractivity contribution in [1.82, 2.24) is 5.32 Å². The van der Waals surface area contributed by atoms with Crippen LogP contribution >= 0.6 is 0 Å². The predicted molar refractivity (Wildman–Crippen MR) is 69.1 cm³/mol. The Kier molecular flexibility index (Phi) is 5.33. The quantitative estimate of drug-likeness (QED) is 0.797. The van der Waals surface area contributed by atoms with E-state index in [1.54, 1.807) is 7.11 Å². The third-order valence-corrected chi connectivity index (χ3v) is 3.05. The lowest BCUT2D eigenvalue weighted by Crippen LogP contribution is -2.20. The van der Waals surface area contributed by atoms with Crippen LogP contribution < -0.4 is 10.1 Å². The van der Waals surface area contributed by atoms with Crippen LogP contribution in [0.3, 0.4) is 0 Å². The van der Waals surface area contributed by atoms with Crippen LogP contribution in [0.5, 0.6) is 5.75 Å². The molecule has 1 atom stereocenters. The van der Waals surface area contributed by atoms with Crippen LogP contribution in [0, 0.1) is 12.8 Å². The molecule has 1 unspecified atom stereocenters. The highest BCUT2D eigenvalue weighted by atomic mass is 16.5. The van der Waals surface area contributed by atoms with E-state index in [4.69, 9.17) is 4.74 Å². The predicted octanol–water partition coefficient (Wildman–Crippen LogP) is 2.79. The lowest BCUT2D eigenvalue weighted by Gasteiger charge is -2.15. The molecule has 0 saturated heterocycles. The molecule has 0 bridgehead atoms. The van der Waals surface area contributed by atoms with Gasteiger partial charge in [-0.1, -0.05) is 25.5 Å². The molecular weight excluding hydrogens is 198 g/mol. The molecule has 0 fully saturated rings. The van der Waals surface area contributed by atoms with Crippen molar-refractivity contribution in [2.45, 2.75) is 26.7 Å². The van der Waals surface area contributed by atoms with Crippen molar-refractivity contribution in [3.05, 3.63) is 29.3 Å². The molecule has 1 aromatic rings. The first kappa shape index (κ1) is 13.0. The third-order valence-electron chi connectivity index (χ3n) is 3.05. The van der Waals surface area contributed by atoms with Crippen LogP contribution in [0.1, 0.15) is 24.5 Å². The molecule has 0 saturated carbocycles. The van der Waals surface area contributed by atoms with Gasteiger partial charge in [0.15, 0.2) is 0 Å². The average molecular weight is 221 g/mol. The maximum atomic E-state index is 5.27. The number of nitrogens with one attached hydrogen (secondary N) is 1. The van der Waals surface area contributed by atoms with E-state index < -0.39 is 0 Å². The molecule has 0 aromatic heterocycles. The largest absolute Gasteiger partial charge is 0.496 e. The first-order chi connectivity index (χ1) is 7.71. The molecular formula is C14H23NO. The molecule has 0 heterocycles. The van der Waals surface area contributed by atoms with Crippen molar-refractivity contribution in [3.8, 4) is 5.75 Å². The number of benzene rings is 1. The second kappa shape index (κ2) is 6.54. The second-order valence-corrected chi connectivity index (χ2v) is 4.34. The van der Waals surface area contributed by atoms with Gasteiger partial charge in [-0.15, -0.1) is 0 Å². The fourth-order valence-corrected chi connectivity index (χ4v) is 2.05. The lowest BCUT2D eigenvalue weighted by atomic mass is 9.96. The van der Waals surface area contributed by atoms with Crippen LogP contribution in [-0.2, 0) is 6.42 Å². The van der Waals surface area contributed by atoms with Crippen molar-refractivity contribution in [3.63, 3.8) is 0 Å². The molecule has 1 rings (SSSR count). The summed E-state index contributed by atoms with van der Waals surface area (Å²) in [4.78, 5) is 0. The fourth-order valence-electron chi connectivity index (χ4n) is 2.05. The number of aryl methyl sites for hydroxylation is 1. The molecule has 2 heteroatoms. The summed E-state index contributed by atoms with van der Waals surface area (Å²) in [7, 11) is 3.74. The van der Waals surface area contributed by atoms with Gasteiger partial charge in [0.2, 0.25) is 0 Å². The number of rotatable bonds is 6. The van der Waals surface area contributed by atoms with E-state index in [0.29, 0.717) is 0 Å². The molecule has 0 spiro atoms. The van der Waals surface area contributed by atoms with Crippen molar-refractivity contribution in [2.75, 3.05) is 20.7 Å². The molecule has 1 aromatic carbocycles. The number of hydrogen-bond donors (Lipinski definition) is 1. The minimum atomic E-state index is 0.720. The molecule has 1 N–H and O–H groups in total. The molecule has 0 radical (unpaired) electrons. The van der Waals surface area contributed by atoms with Gasteiger partial charge in [-0.3, -0.25) is 0 Å². The van der Waals surface area contributed by atoms with Crippen molar-refractivity contribution < 1.29 is 4.74 Å². The second-order valence-electron chi connectivity index (χ2n) is 4.34. The normalized spacial score (nSPS) is 12.5. The van der Waals surface area contributed by atoms with Gasteiger partial charge >= 0.3 is 0 Å². The Hall–Kier alpha value is -1.02. The topological polar surface area (TPSA) is 21.3 Å². The summed E-state index contributed by atoms with van der Waals surface area (Å²) in [5.74, 6) is 1.70. The van der Waals surface area contributed by atoms with E-state index in [1.807, 2.05) is 7.05 Å². The summed E-state index contributed by atoms with van der Waals surface area (Å²) in [6.07, 6.45) is 2.36. The van der Waals surface area contributed by atoms with Crippen LogP contribution in [0.25, 0.3) is 0 Å². The van der Waals surface area contributed by atoms with Crippen LogP contribution in [0.15, 0.2) is 18.2 Å². The molecule has 0 amide bonds. The van der Waals surface area contributed by atoms with Gasteiger partial charge in [0.25, 0.3) is 0 Å². The zero-order valence-electron chi connectivity index (χ0n) is 10.8. The van der Waals surface area contributed by atoms with E-state index in [9.17, 15) is 0 Å². The fraction of sp³-hybridized carbons (Fsp3) is 0.571. The summed E-state index contributed by atoms with van der Waals surface area (Å²) in [5, 5.41) is 3.25. The number of ether oxygens (including phenoxy) is 1. The van der Waals surface area contributed by atoms with E-state index in [-0.39, 0.29) is 0 Å². The minimum absolute atomic E-state index is 0.720. The summed E-state index contributed by atoms with van der Waals surface area (Å²) in [6.45, 7) is 5.43. The highest BCUT2D eigenvalue weighted by molar-refractivity contribution is 5.36. The Balaban J connectivity index is 2.69. The monoisotopic (exact) mass is 221 g/mol. The maximum absolute atomic E-state index is 5.27. The Morgan fingerprint density at radius 2 is 2.12 bits per heavy atom. The van der Waals surface area contributed by atoms with Crippen molar-refractivity contribution >= 4 is 0 Å². The van der Waals surface area contributed by atoms with Gasteiger partial charge in [0, 0.05) is 0 Å². The number of hydrogen-bond acceptors (Lipinski definition) is 2. The van der Waals surface area contributed by atoms with E-state index >= 15 is 0 Å². The first-order valence-corrected chi connectivity index (χ1v) is 5.99. The molecule has 0 aliphatic carbocycles. The van der Waals surface area contributed by atoms with Crippen LogP contribution in [-0.4, -0.2) is 20.7 Å². The molecule has 90 valence electrons. The summed E-state index contributed by atoms with van der Waals surface area (Å²) in [5.41, 5.74) is 2.62. The minimum Gasteiger partial charge on any atom is -0.496 e. The van der Waals surface area contributed by atoms with Crippen molar-refractivity contribution in [2.24, 2.45) is 5.92 Å². The van der Waals surface area contributed by atoms with Crippen molar-refractivity contribution in [1.29, 1.82) is 0 Å². The Morgan fingerprint density at radius 3 is 2.62 bits per heavy atom. The van der Waals surface area contributed by atoms with Gasteiger partial charge in [0.05, 0.1) is 7.11 Å². The average Bonchev–Trinajstić information content (AvgIpc) is 2.28. The molecule has 0 aliphatic heterocycles. The number of methoxy groups -OCH3 is 1. The van der Waals surface area contributed by atoms with Crippen LogP contribution in [0.4, 0.5) is 0 Å². The Morgan fingerprint density at radius 1 is 1.38 bits per heavy atom.